The summed E-state index contributed by atoms with van der Waals surface area (Å²) in [4.78, 5) is 123. The molecule has 2 saturated heterocycles. The van der Waals surface area contributed by atoms with Gasteiger partial charge in [0.1, 0.15) is 64.2 Å². The Kier molecular flexibility index (Phi) is 24.8. The lowest BCUT2D eigenvalue weighted by molar-refractivity contribution is -0.150. The summed E-state index contributed by atoms with van der Waals surface area (Å²) in [5, 5.41) is 24.3. The van der Waals surface area contributed by atoms with E-state index in [1.165, 1.54) is 26.8 Å². The number of aliphatic hydroxyl groups is 1. The number of hydrogen-bond acceptors (Lipinski definition) is 18. The maximum Gasteiger partial charge on any atom is 0.410 e. The number of fused-ring (bicyclic) bond motifs is 6. The van der Waals surface area contributed by atoms with Crippen LogP contribution in [0.1, 0.15) is 129 Å². The molecule has 0 radical (unpaired) electrons. The third-order valence-corrected chi connectivity index (χ3v) is 16.7. The van der Waals surface area contributed by atoms with Crippen LogP contribution in [-0.2, 0) is 88.1 Å². The summed E-state index contributed by atoms with van der Waals surface area (Å²) in [5.41, 5.74) is -1.08. The molecule has 28 heteroatoms. The molecule has 2 aromatic carbocycles. The van der Waals surface area contributed by atoms with E-state index >= 15 is 0 Å². The van der Waals surface area contributed by atoms with Crippen molar-refractivity contribution in [1.82, 2.24) is 41.3 Å². The van der Waals surface area contributed by atoms with Crippen molar-refractivity contribution in [2.75, 3.05) is 52.7 Å². The predicted octanol–water partition coefficient (Wildman–Crippen LogP) is 5.44. The number of halogens is 3. The molecular formula is C65H89ClF2N8O17. The molecular weight excluding hydrogens is 1240 g/mol. The minimum atomic E-state index is -1.31. The van der Waals surface area contributed by atoms with Crippen molar-refractivity contribution >= 4 is 66.3 Å². The molecule has 2 saturated carbocycles. The van der Waals surface area contributed by atoms with Crippen LogP contribution in [-0.4, -0.2) is 185 Å². The maximum absolute atomic E-state index is 14.3. The van der Waals surface area contributed by atoms with Crippen molar-refractivity contribution in [3.8, 4) is 0 Å². The first kappa shape index (κ1) is 73.0. The predicted molar refractivity (Wildman–Crippen MR) is 332 cm³/mol. The second-order valence-electron chi connectivity index (χ2n) is 26.0. The van der Waals surface area contributed by atoms with Crippen LogP contribution in [0.5, 0.6) is 0 Å². The van der Waals surface area contributed by atoms with Crippen molar-refractivity contribution in [1.29, 1.82) is 0 Å². The van der Waals surface area contributed by atoms with E-state index in [1.54, 1.807) is 85.7 Å². The van der Waals surface area contributed by atoms with E-state index in [0.717, 1.165) is 17.7 Å². The highest BCUT2D eigenvalue weighted by Gasteiger charge is 2.63. The van der Waals surface area contributed by atoms with E-state index in [-0.39, 0.29) is 108 Å². The lowest BCUT2D eigenvalue weighted by Crippen LogP contribution is -2.56. The Balaban J connectivity index is 0.000000233. The number of benzene rings is 2. The molecule has 6 N–H and O–H groups in total. The molecule has 6 heterocycles. The summed E-state index contributed by atoms with van der Waals surface area (Å²) < 4.78 is 65.5. The number of carbonyl (C=O) groups is 9. The highest BCUT2D eigenvalue weighted by Crippen LogP contribution is 2.47. The fourth-order valence-electron chi connectivity index (χ4n) is 12.1. The number of amides is 7. The lowest BCUT2D eigenvalue weighted by atomic mass is 10.1. The van der Waals surface area contributed by atoms with Crippen LogP contribution in [0.2, 0.25) is 0 Å². The SMILES string of the molecule is CCOC(=O)[C@@]12C[C@H]1/C=C\COCCC[C@H](NC(=O)OC(C)(C)C)C(=O)N1C[C@H](O)C[C@H]1C(=O)N2.CCOC(=O)[C@@]12C[C@H]1/C=C\COCCC[C@H](NC(=O)OC(C)(C)C)C(=O)N1C[C@H](OC(=O)N3Cc4cccc(F)c4C3)C[C@H]1C(=O)N2.Cl.Fc1cccc2c1CNC2. The smallest absolute Gasteiger partial charge is 0.410 e. The summed E-state index contributed by atoms with van der Waals surface area (Å²) in [6.45, 7) is 16.6. The second-order valence-corrected chi connectivity index (χ2v) is 26.0. The van der Waals surface area contributed by atoms with Gasteiger partial charge in [0.15, 0.2) is 0 Å². The van der Waals surface area contributed by atoms with Gasteiger partial charge in [0, 0.05) is 75.2 Å². The Morgan fingerprint density at radius 3 is 1.63 bits per heavy atom. The monoisotopic (exact) mass is 1330 g/mol. The first-order valence-corrected chi connectivity index (χ1v) is 31.6. The zero-order valence-electron chi connectivity index (χ0n) is 54.0. The van der Waals surface area contributed by atoms with E-state index in [4.69, 9.17) is 33.2 Å². The first-order valence-electron chi connectivity index (χ1n) is 31.6. The average Bonchev–Trinajstić information content (AvgIpc) is 1.59. The van der Waals surface area contributed by atoms with Gasteiger partial charge < -0.3 is 74.6 Å². The molecule has 10 rings (SSSR count). The zero-order chi connectivity index (χ0) is 66.7. The van der Waals surface area contributed by atoms with Crippen molar-refractivity contribution < 1.29 is 90.2 Å². The Bertz CT molecular complexity index is 3130. The van der Waals surface area contributed by atoms with Gasteiger partial charge in [-0.1, -0.05) is 48.6 Å². The molecule has 93 heavy (non-hydrogen) atoms. The molecule has 0 aromatic heterocycles. The fourth-order valence-corrected chi connectivity index (χ4v) is 12.1. The normalized spacial score (nSPS) is 28.4. The Hall–Kier alpha value is -7.46. The van der Waals surface area contributed by atoms with Gasteiger partial charge in [-0.25, -0.2) is 32.8 Å². The summed E-state index contributed by atoms with van der Waals surface area (Å²) >= 11 is 0. The number of carbonyl (C=O) groups excluding carboxylic acids is 9. The number of alkyl carbamates (subject to hydrolysis) is 2. The van der Waals surface area contributed by atoms with Crippen molar-refractivity contribution in [2.45, 2.75) is 192 Å². The van der Waals surface area contributed by atoms with Gasteiger partial charge in [-0.05, 0) is 117 Å². The van der Waals surface area contributed by atoms with Gasteiger partial charge in [-0.15, -0.1) is 12.4 Å². The van der Waals surface area contributed by atoms with Gasteiger partial charge >= 0.3 is 30.2 Å². The highest BCUT2D eigenvalue weighted by atomic mass is 35.5. The second kappa shape index (κ2) is 31.6. The third-order valence-electron chi connectivity index (χ3n) is 16.7. The third kappa shape index (κ3) is 18.9. The molecule has 0 bridgehead atoms. The van der Waals surface area contributed by atoms with Crippen molar-refractivity contribution in [2.24, 2.45) is 11.8 Å². The van der Waals surface area contributed by atoms with E-state index < -0.39 is 118 Å². The summed E-state index contributed by atoms with van der Waals surface area (Å²) in [7, 11) is 0. The number of hydrogen-bond donors (Lipinski definition) is 6. The first-order chi connectivity index (χ1) is 43.6. The van der Waals surface area contributed by atoms with Crippen LogP contribution in [0.25, 0.3) is 0 Å². The molecule has 0 unspecified atom stereocenters. The quantitative estimate of drug-likeness (QED) is 0.114. The number of ether oxygens (including phenoxy) is 7. The number of nitrogens with zero attached hydrogens (tertiary/aromatic N) is 3. The van der Waals surface area contributed by atoms with Crippen LogP contribution >= 0.6 is 12.4 Å². The summed E-state index contributed by atoms with van der Waals surface area (Å²) in [5.74, 6) is -4.43. The number of aliphatic hydroxyl groups excluding tert-OH is 1. The van der Waals surface area contributed by atoms with Gasteiger partial charge in [0.25, 0.3) is 0 Å². The number of nitrogens with one attached hydrogen (secondary N) is 5. The summed E-state index contributed by atoms with van der Waals surface area (Å²) in [6.07, 6.45) is 5.13. The lowest BCUT2D eigenvalue weighted by Gasteiger charge is -2.30. The maximum atomic E-state index is 14.3. The minimum Gasteiger partial charge on any atom is -0.464 e. The standard InChI is InChI=1S/C33H43FN4O9.C24H37N3O8.C8H8FN.ClH/c1-5-45-29(41)33-16-21(33)10-7-13-44-14-8-12-25(35-30(42)47-32(2,3)4)28(40)38-18-22(15-26(38)27(39)36-33)46-31(43)37-17-20-9-6-11-24(34)23(20)19-37;1-5-34-21(31)24-13-15(24)8-6-10-33-11-7-9-17(25-22(32)35-23(2,3)4)20(30)27-14-16(28)12-18(27)19(29)26-24;9-8-3-1-2-6-4-10-5-7(6)8;/h6-7,9-11,21-22,25-26H,5,8,12-19H2,1-4H3,(H,35,42)(H,36,39);6,8,15-18,28H,5,7,9-14H2,1-4H3,(H,25,32)(H,26,29);1-3,10H,4-5H2;1H/b10-7-;8-6-;;/t21-,22-,25+,26+,33-;15-,16-,17+,18+,24-;;/m11../s1. The van der Waals surface area contributed by atoms with E-state index in [1.807, 2.05) is 18.2 Å². The fraction of sp³-hybridized carbons (Fsp3) is 0.615. The van der Waals surface area contributed by atoms with E-state index in [2.05, 4.69) is 26.6 Å². The topological polar surface area (TPSA) is 308 Å². The molecule has 25 nitrogen and oxygen atoms in total. The van der Waals surface area contributed by atoms with E-state index in [0.29, 0.717) is 56.6 Å². The van der Waals surface area contributed by atoms with Crippen molar-refractivity contribution in [3.05, 3.63) is 94.6 Å². The van der Waals surface area contributed by atoms with Crippen molar-refractivity contribution in [3.63, 3.8) is 0 Å². The molecule has 4 fully saturated rings. The van der Waals surface area contributed by atoms with Crippen LogP contribution < -0.4 is 26.6 Å². The Labute approximate surface area is 546 Å². The molecule has 512 valence electrons. The van der Waals surface area contributed by atoms with Gasteiger partial charge in [-0.2, -0.15) is 0 Å². The minimum absolute atomic E-state index is 0. The molecule has 7 amide bonds. The molecule has 6 aliphatic heterocycles. The van der Waals surface area contributed by atoms with Crippen LogP contribution in [0.15, 0.2) is 60.7 Å². The summed E-state index contributed by atoms with van der Waals surface area (Å²) in [6, 6.07) is 5.69. The van der Waals surface area contributed by atoms with Gasteiger partial charge in [0.05, 0.1) is 45.6 Å². The van der Waals surface area contributed by atoms with Gasteiger partial charge in [0.2, 0.25) is 23.6 Å². The van der Waals surface area contributed by atoms with Gasteiger partial charge in [-0.3, -0.25) is 24.1 Å². The average molecular weight is 1330 g/mol. The zero-order valence-corrected chi connectivity index (χ0v) is 54.8. The Morgan fingerprint density at radius 2 is 1.15 bits per heavy atom. The van der Waals surface area contributed by atoms with E-state index in [9.17, 15) is 57.0 Å². The largest absolute Gasteiger partial charge is 0.464 e. The van der Waals surface area contributed by atoms with Crippen LogP contribution in [0.4, 0.5) is 23.2 Å². The number of rotatable bonds is 7. The molecule has 2 aliphatic carbocycles. The molecule has 0 spiro atoms. The Morgan fingerprint density at radius 1 is 0.667 bits per heavy atom. The highest BCUT2D eigenvalue weighted by molar-refractivity contribution is 5.98. The van der Waals surface area contributed by atoms with Crippen LogP contribution in [0, 0.1) is 23.5 Å². The molecule has 8 aliphatic rings. The number of esters is 2. The molecule has 10 atom stereocenters. The molecule has 2 aromatic rings. The van der Waals surface area contributed by atoms with Crippen LogP contribution in [0.3, 0.4) is 0 Å².